The Kier molecular flexibility index (Phi) is 6.78. The highest BCUT2D eigenvalue weighted by atomic mass is 32.1. The van der Waals surface area contributed by atoms with Gasteiger partial charge in [-0.15, -0.1) is 11.3 Å². The molecule has 1 aliphatic rings. The summed E-state index contributed by atoms with van der Waals surface area (Å²) < 4.78 is 2.66. The molecule has 0 fully saturated rings. The summed E-state index contributed by atoms with van der Waals surface area (Å²) in [5.74, 6) is 0. The molecule has 51 heavy (non-hydrogen) atoms. The number of para-hydroxylation sites is 1. The smallest absolute Gasteiger partial charge is 0.0543 e. The number of fused-ring (bicyclic) bond motifs is 8. The fourth-order valence-electron chi connectivity index (χ4n) is 8.39. The SMILES string of the molecule is CC1(C)c2ccccc2-c2c(N(c3ccc(-c4ccc5c(c4)sc4ccc6ccccc6c45)cc3)c3ccccc3-c3ccccc3)cccc21. The van der Waals surface area contributed by atoms with Gasteiger partial charge in [-0.2, -0.15) is 0 Å². The van der Waals surface area contributed by atoms with Gasteiger partial charge >= 0.3 is 0 Å². The molecule has 0 aliphatic heterocycles. The predicted molar refractivity (Wildman–Crippen MR) is 220 cm³/mol. The molecule has 0 saturated heterocycles. The number of anilines is 3. The highest BCUT2D eigenvalue weighted by Crippen LogP contribution is 2.55. The van der Waals surface area contributed by atoms with Crippen LogP contribution in [0.15, 0.2) is 176 Å². The normalized spacial score (nSPS) is 13.1. The van der Waals surface area contributed by atoms with E-state index in [0.717, 1.165) is 11.4 Å². The highest BCUT2D eigenvalue weighted by Gasteiger charge is 2.37. The average Bonchev–Trinajstić information content (AvgIpc) is 3.68. The topological polar surface area (TPSA) is 3.24 Å². The highest BCUT2D eigenvalue weighted by molar-refractivity contribution is 7.26. The fraction of sp³-hybridized carbons (Fsp3) is 0.0612. The monoisotopic (exact) mass is 669 g/mol. The molecule has 0 radical (unpaired) electrons. The number of hydrogen-bond acceptors (Lipinski definition) is 2. The van der Waals surface area contributed by atoms with Crippen molar-refractivity contribution in [1.29, 1.82) is 0 Å². The van der Waals surface area contributed by atoms with Crippen LogP contribution >= 0.6 is 11.3 Å². The Morgan fingerprint density at radius 1 is 0.451 bits per heavy atom. The van der Waals surface area contributed by atoms with Crippen molar-refractivity contribution in [2.45, 2.75) is 19.3 Å². The second-order valence-electron chi connectivity index (χ2n) is 14.1. The van der Waals surface area contributed by atoms with Crippen LogP contribution in [0.1, 0.15) is 25.0 Å². The molecule has 1 heterocycles. The van der Waals surface area contributed by atoms with Gasteiger partial charge in [-0.1, -0.05) is 153 Å². The first kappa shape index (κ1) is 29.9. The van der Waals surface area contributed by atoms with Crippen LogP contribution in [0.3, 0.4) is 0 Å². The quantitative estimate of drug-likeness (QED) is 0.176. The maximum atomic E-state index is 2.48. The van der Waals surface area contributed by atoms with Crippen LogP contribution in [-0.4, -0.2) is 0 Å². The third-order valence-corrected chi connectivity index (χ3v) is 12.0. The Balaban J connectivity index is 1.14. The molecule has 1 aromatic heterocycles. The molecule has 0 amide bonds. The maximum absolute atomic E-state index is 2.48. The summed E-state index contributed by atoms with van der Waals surface area (Å²) >= 11 is 1.88. The van der Waals surface area contributed by atoms with E-state index in [1.54, 1.807) is 0 Å². The van der Waals surface area contributed by atoms with Gasteiger partial charge in [0.2, 0.25) is 0 Å². The molecule has 0 spiro atoms. The molecule has 0 bridgehead atoms. The zero-order valence-corrected chi connectivity index (χ0v) is 29.4. The average molecular weight is 670 g/mol. The minimum Gasteiger partial charge on any atom is -0.309 e. The van der Waals surface area contributed by atoms with Crippen molar-refractivity contribution in [1.82, 2.24) is 0 Å². The van der Waals surface area contributed by atoms with Crippen LogP contribution in [0.4, 0.5) is 17.1 Å². The first-order valence-corrected chi connectivity index (χ1v) is 18.5. The van der Waals surface area contributed by atoms with Gasteiger partial charge in [-0.25, -0.2) is 0 Å². The van der Waals surface area contributed by atoms with E-state index >= 15 is 0 Å². The van der Waals surface area contributed by atoms with Crippen molar-refractivity contribution in [2.75, 3.05) is 4.90 Å². The largest absolute Gasteiger partial charge is 0.309 e. The summed E-state index contributed by atoms with van der Waals surface area (Å²) in [5.41, 5.74) is 13.6. The van der Waals surface area contributed by atoms with Gasteiger partial charge in [0.25, 0.3) is 0 Å². The minimum atomic E-state index is -0.0893. The molecule has 0 unspecified atom stereocenters. The number of thiophene rings is 1. The maximum Gasteiger partial charge on any atom is 0.0543 e. The van der Waals surface area contributed by atoms with Gasteiger partial charge < -0.3 is 4.90 Å². The lowest BCUT2D eigenvalue weighted by molar-refractivity contribution is 0.660. The Labute approximate surface area is 302 Å². The van der Waals surface area contributed by atoms with Crippen molar-refractivity contribution in [3.8, 4) is 33.4 Å². The number of nitrogens with zero attached hydrogens (tertiary/aromatic N) is 1. The molecule has 0 atom stereocenters. The van der Waals surface area contributed by atoms with Gasteiger partial charge in [0.1, 0.15) is 0 Å². The summed E-state index contributed by atoms with van der Waals surface area (Å²) in [6.45, 7) is 4.71. The third-order valence-electron chi connectivity index (χ3n) is 10.9. The molecule has 8 aromatic carbocycles. The number of rotatable bonds is 5. The lowest BCUT2D eigenvalue weighted by Crippen LogP contribution is -2.16. The third kappa shape index (κ3) is 4.67. The first-order valence-electron chi connectivity index (χ1n) is 17.7. The second-order valence-corrected chi connectivity index (χ2v) is 15.2. The van der Waals surface area contributed by atoms with E-state index in [1.165, 1.54) is 81.1 Å². The molecule has 0 saturated carbocycles. The van der Waals surface area contributed by atoms with E-state index < -0.39 is 0 Å². The van der Waals surface area contributed by atoms with Gasteiger partial charge in [0.05, 0.1) is 11.4 Å². The zero-order chi connectivity index (χ0) is 34.1. The lowest BCUT2D eigenvalue weighted by atomic mass is 9.82. The summed E-state index contributed by atoms with van der Waals surface area (Å²) in [4.78, 5) is 2.48. The Bertz CT molecular complexity index is 2770. The molecule has 242 valence electrons. The number of hydrogen-bond donors (Lipinski definition) is 0. The van der Waals surface area contributed by atoms with Crippen LogP contribution in [0.25, 0.3) is 64.3 Å². The van der Waals surface area contributed by atoms with Crippen molar-refractivity contribution in [2.24, 2.45) is 0 Å². The van der Waals surface area contributed by atoms with Crippen LogP contribution < -0.4 is 4.90 Å². The van der Waals surface area contributed by atoms with E-state index in [4.69, 9.17) is 0 Å². The molecule has 9 aromatic rings. The predicted octanol–water partition coefficient (Wildman–Crippen LogP) is 14.3. The molecule has 0 N–H and O–H groups in total. The molecular formula is C49H35NS. The van der Waals surface area contributed by atoms with Crippen LogP contribution in [0.2, 0.25) is 0 Å². The summed E-state index contributed by atoms with van der Waals surface area (Å²) in [6.07, 6.45) is 0. The van der Waals surface area contributed by atoms with E-state index in [0.29, 0.717) is 0 Å². The Morgan fingerprint density at radius 2 is 1.14 bits per heavy atom. The van der Waals surface area contributed by atoms with Gasteiger partial charge in [0.15, 0.2) is 0 Å². The molecule has 1 nitrogen and oxygen atoms in total. The summed E-state index contributed by atoms with van der Waals surface area (Å²) in [5, 5.41) is 5.31. The zero-order valence-electron chi connectivity index (χ0n) is 28.6. The molecular weight excluding hydrogens is 635 g/mol. The minimum absolute atomic E-state index is 0.0893. The Hall–Kier alpha value is -5.96. The molecule has 2 heteroatoms. The summed E-state index contributed by atoms with van der Waals surface area (Å²) in [7, 11) is 0. The molecule has 10 rings (SSSR count). The van der Waals surface area contributed by atoms with Gasteiger partial charge in [0, 0.05) is 42.4 Å². The first-order chi connectivity index (χ1) is 25.1. The van der Waals surface area contributed by atoms with Crippen molar-refractivity contribution in [3.05, 3.63) is 187 Å². The van der Waals surface area contributed by atoms with Gasteiger partial charge in [-0.05, 0) is 80.6 Å². The van der Waals surface area contributed by atoms with E-state index in [9.17, 15) is 0 Å². The van der Waals surface area contributed by atoms with Gasteiger partial charge in [-0.3, -0.25) is 0 Å². The van der Waals surface area contributed by atoms with E-state index in [2.05, 4.69) is 195 Å². The van der Waals surface area contributed by atoms with E-state index in [-0.39, 0.29) is 5.41 Å². The van der Waals surface area contributed by atoms with Crippen molar-refractivity contribution in [3.63, 3.8) is 0 Å². The van der Waals surface area contributed by atoms with Crippen molar-refractivity contribution < 1.29 is 0 Å². The molecule has 1 aliphatic carbocycles. The second kappa shape index (κ2) is 11.6. The number of benzene rings is 8. The Morgan fingerprint density at radius 3 is 2.00 bits per heavy atom. The van der Waals surface area contributed by atoms with Crippen molar-refractivity contribution >= 4 is 59.3 Å². The standard InChI is InChI=1S/C49H35NS/c1-49(2)41-19-10-8-18-39(41)48-42(49)20-12-22-44(48)50(43-21-11-9-16-37(43)33-13-4-3-5-14-33)36-27-23-32(24-28-36)35-25-29-40-46(31-35)51-45-30-26-34-15-6-7-17-38(34)47(40)45/h3-31H,1-2H3. The van der Waals surface area contributed by atoms with Crippen LogP contribution in [0.5, 0.6) is 0 Å². The fourth-order valence-corrected chi connectivity index (χ4v) is 9.55. The van der Waals surface area contributed by atoms with E-state index in [1.807, 2.05) is 11.3 Å². The van der Waals surface area contributed by atoms with Crippen LogP contribution in [-0.2, 0) is 5.41 Å². The summed E-state index contributed by atoms with van der Waals surface area (Å²) in [6, 6.07) is 64.8. The lowest BCUT2D eigenvalue weighted by Gasteiger charge is -2.30. The van der Waals surface area contributed by atoms with Crippen LogP contribution in [0, 0.1) is 0 Å².